The maximum absolute atomic E-state index is 15.0. The summed E-state index contributed by atoms with van der Waals surface area (Å²) in [6.07, 6.45) is 0.975. The quantitative estimate of drug-likeness (QED) is 0.844. The molecule has 0 aliphatic carbocycles. The van der Waals surface area contributed by atoms with Gasteiger partial charge in [0.1, 0.15) is 22.9 Å². The number of hydrogen-bond acceptors (Lipinski definition) is 4. The fraction of sp³-hybridized carbons (Fsp3) is 0.368. The van der Waals surface area contributed by atoms with Crippen molar-refractivity contribution in [2.45, 2.75) is 35.4 Å². The Balaban J connectivity index is 2.02. The van der Waals surface area contributed by atoms with Crippen LogP contribution in [0.4, 0.5) is 4.39 Å². The summed E-state index contributed by atoms with van der Waals surface area (Å²) in [7, 11) is -3.89. The van der Waals surface area contributed by atoms with Gasteiger partial charge in [-0.05, 0) is 62.2 Å². The molecule has 7 heteroatoms. The molecule has 1 fully saturated rings. The Kier molecular flexibility index (Phi) is 4.25. The Morgan fingerprint density at radius 2 is 1.96 bits per heavy atom. The molecule has 2 atom stereocenters. The van der Waals surface area contributed by atoms with Gasteiger partial charge in [0.2, 0.25) is 0 Å². The van der Waals surface area contributed by atoms with E-state index < -0.39 is 26.4 Å². The van der Waals surface area contributed by atoms with Crippen LogP contribution >= 0.6 is 11.6 Å². The molecule has 0 saturated carbocycles. The molecule has 2 aliphatic heterocycles. The zero-order valence-electron chi connectivity index (χ0n) is 14.3. The van der Waals surface area contributed by atoms with Crippen molar-refractivity contribution in [2.75, 3.05) is 13.2 Å². The molecule has 4 rings (SSSR count). The molecule has 2 aromatic rings. The molecule has 0 amide bonds. The van der Waals surface area contributed by atoms with Crippen LogP contribution in [0.15, 0.2) is 41.3 Å². The van der Waals surface area contributed by atoms with Crippen molar-refractivity contribution < 1.29 is 17.5 Å². The van der Waals surface area contributed by atoms with Crippen molar-refractivity contribution in [3.8, 4) is 5.75 Å². The number of sulfone groups is 1. The lowest BCUT2D eigenvalue weighted by Crippen LogP contribution is -2.61. The molecule has 4 nitrogen and oxygen atoms in total. The van der Waals surface area contributed by atoms with E-state index in [1.807, 2.05) is 0 Å². The Hall–Kier alpha value is -1.63. The Bertz CT molecular complexity index is 961. The van der Waals surface area contributed by atoms with E-state index in [1.165, 1.54) is 18.2 Å². The molecule has 2 aliphatic rings. The monoisotopic (exact) mass is 395 g/mol. The third-order valence-corrected chi connectivity index (χ3v) is 8.20. The lowest BCUT2D eigenvalue weighted by Gasteiger charge is -2.47. The predicted molar refractivity (Wildman–Crippen MR) is 98.0 cm³/mol. The van der Waals surface area contributed by atoms with Crippen LogP contribution < -0.4 is 10.1 Å². The summed E-state index contributed by atoms with van der Waals surface area (Å²) >= 11 is 5.92. The van der Waals surface area contributed by atoms with Crippen molar-refractivity contribution in [1.29, 1.82) is 0 Å². The molecule has 0 radical (unpaired) electrons. The van der Waals surface area contributed by atoms with Gasteiger partial charge in [0, 0.05) is 5.02 Å². The van der Waals surface area contributed by atoms with Gasteiger partial charge >= 0.3 is 0 Å². The third-order valence-electron chi connectivity index (χ3n) is 5.40. The van der Waals surface area contributed by atoms with E-state index in [4.69, 9.17) is 16.3 Å². The first-order valence-corrected chi connectivity index (χ1v) is 10.4. The van der Waals surface area contributed by atoms with Gasteiger partial charge in [0.05, 0.1) is 16.5 Å². The molecule has 1 saturated heterocycles. The van der Waals surface area contributed by atoms with E-state index in [0.717, 1.165) is 5.56 Å². The third kappa shape index (κ3) is 2.39. The summed E-state index contributed by atoms with van der Waals surface area (Å²) in [5.41, 5.74) is 0.881. The van der Waals surface area contributed by atoms with Crippen molar-refractivity contribution in [3.05, 3.63) is 58.4 Å². The van der Waals surface area contributed by atoms with Crippen LogP contribution in [0.5, 0.6) is 5.75 Å². The molecule has 0 unspecified atom stereocenters. The molecule has 0 bridgehead atoms. The minimum absolute atomic E-state index is 0.143. The van der Waals surface area contributed by atoms with Crippen LogP contribution in [-0.4, -0.2) is 27.6 Å². The number of halogens is 2. The Morgan fingerprint density at radius 3 is 2.69 bits per heavy atom. The second kappa shape index (κ2) is 6.22. The summed E-state index contributed by atoms with van der Waals surface area (Å²) in [5.74, 6) is -0.195. The first-order valence-electron chi connectivity index (χ1n) is 8.54. The number of ether oxygens (including phenoxy) is 1. The van der Waals surface area contributed by atoms with E-state index in [0.29, 0.717) is 30.2 Å². The van der Waals surface area contributed by atoms with Crippen molar-refractivity contribution >= 4 is 21.4 Å². The van der Waals surface area contributed by atoms with E-state index in [1.54, 1.807) is 25.1 Å². The number of rotatable bonds is 2. The lowest BCUT2D eigenvalue weighted by atomic mass is 9.80. The summed E-state index contributed by atoms with van der Waals surface area (Å²) in [4.78, 5) is 0.143. The molecular formula is C19H19ClFNO3S. The average Bonchev–Trinajstić information content (AvgIpc) is 2.64. The maximum atomic E-state index is 15.0. The molecule has 2 aromatic carbocycles. The van der Waals surface area contributed by atoms with Crippen LogP contribution in [0.25, 0.3) is 0 Å². The van der Waals surface area contributed by atoms with Gasteiger partial charge in [-0.3, -0.25) is 0 Å². The van der Waals surface area contributed by atoms with Gasteiger partial charge in [-0.2, -0.15) is 0 Å². The summed E-state index contributed by atoms with van der Waals surface area (Å²) in [6.45, 7) is 2.66. The number of benzene rings is 2. The highest BCUT2D eigenvalue weighted by Gasteiger charge is 2.58. The van der Waals surface area contributed by atoms with E-state index in [-0.39, 0.29) is 17.1 Å². The van der Waals surface area contributed by atoms with Crippen molar-refractivity contribution in [3.63, 3.8) is 0 Å². The number of fused-ring (bicyclic) bond motifs is 3. The molecular weight excluding hydrogens is 377 g/mol. The van der Waals surface area contributed by atoms with Gasteiger partial charge in [-0.25, -0.2) is 12.8 Å². The number of hydrogen-bond donors (Lipinski definition) is 1. The summed E-state index contributed by atoms with van der Waals surface area (Å²) < 4.78 is 46.9. The van der Waals surface area contributed by atoms with Crippen LogP contribution in [0.1, 0.15) is 24.0 Å². The minimum Gasteiger partial charge on any atom is -0.491 e. The smallest absolute Gasteiger partial charge is 0.190 e. The first-order chi connectivity index (χ1) is 12.4. The zero-order valence-corrected chi connectivity index (χ0v) is 15.8. The highest BCUT2D eigenvalue weighted by Crippen LogP contribution is 2.51. The minimum atomic E-state index is -3.89. The van der Waals surface area contributed by atoms with Crippen LogP contribution in [-0.2, 0) is 14.6 Å². The molecule has 0 aromatic heterocycles. The second-order valence-electron chi connectivity index (χ2n) is 6.84. The van der Waals surface area contributed by atoms with Gasteiger partial charge in [-0.15, -0.1) is 0 Å². The maximum Gasteiger partial charge on any atom is 0.190 e. The molecule has 2 heterocycles. The second-order valence-corrected chi connectivity index (χ2v) is 9.48. The van der Waals surface area contributed by atoms with Gasteiger partial charge in [0.15, 0.2) is 9.84 Å². The predicted octanol–water partition coefficient (Wildman–Crippen LogP) is 3.60. The number of aryl methyl sites for hydroxylation is 1. The lowest BCUT2D eigenvalue weighted by molar-refractivity contribution is 0.162. The zero-order chi connectivity index (χ0) is 18.5. The number of piperidine rings is 1. The van der Waals surface area contributed by atoms with Gasteiger partial charge in [0.25, 0.3) is 0 Å². The molecule has 1 N–H and O–H groups in total. The molecule has 138 valence electrons. The number of nitrogens with one attached hydrogen (secondary N) is 1. The Morgan fingerprint density at radius 1 is 1.23 bits per heavy atom. The van der Waals surface area contributed by atoms with Crippen LogP contribution in [0.2, 0.25) is 5.02 Å². The van der Waals surface area contributed by atoms with Gasteiger partial charge < -0.3 is 10.1 Å². The molecule has 26 heavy (non-hydrogen) atoms. The van der Waals surface area contributed by atoms with E-state index in [2.05, 4.69) is 5.32 Å². The van der Waals surface area contributed by atoms with Crippen LogP contribution in [0, 0.1) is 12.7 Å². The SMILES string of the molecule is Cc1ccc(F)c2c1OC[C@@H]1NCCC[C@]21S(=O)(=O)c1ccc(Cl)cc1. The topological polar surface area (TPSA) is 55.4 Å². The van der Waals surface area contributed by atoms with E-state index in [9.17, 15) is 12.8 Å². The highest BCUT2D eigenvalue weighted by molar-refractivity contribution is 7.92. The van der Waals surface area contributed by atoms with Crippen molar-refractivity contribution in [2.24, 2.45) is 0 Å². The van der Waals surface area contributed by atoms with E-state index >= 15 is 0 Å². The summed E-state index contributed by atoms with van der Waals surface area (Å²) in [5, 5.41) is 3.69. The Labute approximate surface area is 157 Å². The largest absolute Gasteiger partial charge is 0.491 e. The summed E-state index contributed by atoms with van der Waals surface area (Å²) in [6, 6.07) is 8.50. The first kappa shape index (κ1) is 17.8. The fourth-order valence-electron chi connectivity index (χ4n) is 4.15. The standard InChI is InChI=1S/C19H19ClFNO3S/c1-12-3-8-15(21)17-18(12)25-11-16-19(17,9-2-10-22-16)26(23,24)14-6-4-13(20)5-7-14/h3-8,16,22H,2,9-11H2,1H3/t16-,19+/m0/s1. The van der Waals surface area contributed by atoms with Crippen molar-refractivity contribution in [1.82, 2.24) is 5.32 Å². The average molecular weight is 396 g/mol. The molecule has 0 spiro atoms. The van der Waals surface area contributed by atoms with Gasteiger partial charge in [-0.1, -0.05) is 17.7 Å². The highest BCUT2D eigenvalue weighted by atomic mass is 35.5. The fourth-order valence-corrected chi connectivity index (χ4v) is 6.59. The normalized spacial score (nSPS) is 25.1. The van der Waals surface area contributed by atoms with Crippen LogP contribution in [0.3, 0.4) is 0 Å².